The Morgan fingerprint density at radius 3 is 2.88 bits per heavy atom. The van der Waals surface area contributed by atoms with Crippen molar-refractivity contribution in [1.29, 1.82) is 0 Å². The molecule has 0 aliphatic carbocycles. The highest BCUT2D eigenvalue weighted by atomic mass is 32.2. The van der Waals surface area contributed by atoms with Crippen molar-refractivity contribution in [3.63, 3.8) is 0 Å². The normalized spacial score (nSPS) is 25.9. The van der Waals surface area contributed by atoms with Crippen LogP contribution in [0.2, 0.25) is 0 Å². The molecule has 2 fully saturated rings. The zero-order valence-corrected chi connectivity index (χ0v) is 15.3. The summed E-state index contributed by atoms with van der Waals surface area (Å²) < 4.78 is 37.6. The molecule has 3 unspecified atom stereocenters. The molecular formula is C16H17N3O5S2. The number of rotatable bonds is 5. The maximum Gasteiger partial charge on any atom is 0.276 e. The number of amides is 1. The lowest BCUT2D eigenvalue weighted by molar-refractivity contribution is -0.116. The number of nitrogens with one attached hydrogen (secondary N) is 1. The van der Waals surface area contributed by atoms with E-state index in [0.29, 0.717) is 24.6 Å². The molecule has 0 spiro atoms. The number of nitrogens with zero attached hydrogens (tertiary/aromatic N) is 2. The highest BCUT2D eigenvalue weighted by Crippen LogP contribution is 2.43. The predicted molar refractivity (Wildman–Crippen MR) is 94.6 cm³/mol. The smallest absolute Gasteiger partial charge is 0.276 e. The van der Waals surface area contributed by atoms with Crippen LogP contribution >= 0.6 is 11.8 Å². The Balaban J connectivity index is 1.45. The molecule has 0 saturated carbocycles. The van der Waals surface area contributed by atoms with Crippen molar-refractivity contribution in [3.8, 4) is 11.5 Å². The van der Waals surface area contributed by atoms with Gasteiger partial charge in [-0.1, -0.05) is 11.7 Å². The molecule has 26 heavy (non-hydrogen) atoms. The van der Waals surface area contributed by atoms with Gasteiger partial charge in [0.25, 0.3) is 10.0 Å². The lowest BCUT2D eigenvalue weighted by atomic mass is 10.1. The largest absolute Gasteiger partial charge is 0.440 e. The summed E-state index contributed by atoms with van der Waals surface area (Å²) in [5, 5.41) is 6.50. The monoisotopic (exact) mass is 395 g/mol. The van der Waals surface area contributed by atoms with Crippen molar-refractivity contribution in [2.75, 3.05) is 13.1 Å². The van der Waals surface area contributed by atoms with Gasteiger partial charge in [-0.25, -0.2) is 8.42 Å². The number of hydrogen-bond donors (Lipinski definition) is 1. The predicted octanol–water partition coefficient (Wildman–Crippen LogP) is 1.69. The molecule has 2 aromatic heterocycles. The number of carbonyl (C=O) groups is 1. The Hall–Kier alpha value is -2.04. The van der Waals surface area contributed by atoms with Crippen molar-refractivity contribution in [3.05, 3.63) is 37.1 Å². The summed E-state index contributed by atoms with van der Waals surface area (Å²) in [4.78, 5) is 11.4. The third-order valence-corrected chi connectivity index (χ3v) is 7.78. The van der Waals surface area contributed by atoms with Crippen LogP contribution in [0.3, 0.4) is 0 Å². The lowest BCUT2D eigenvalue weighted by Crippen LogP contribution is -2.33. The molecule has 2 saturated heterocycles. The second-order valence-corrected chi connectivity index (χ2v) is 9.50. The first-order valence-electron chi connectivity index (χ1n) is 8.07. The zero-order valence-electron chi connectivity index (χ0n) is 13.7. The molecule has 3 atom stereocenters. The average molecular weight is 395 g/mol. The van der Waals surface area contributed by atoms with Crippen LogP contribution in [0.15, 0.2) is 51.1 Å². The van der Waals surface area contributed by atoms with Crippen LogP contribution in [0.4, 0.5) is 0 Å². The highest BCUT2D eigenvalue weighted by molar-refractivity contribution is 8.00. The van der Waals surface area contributed by atoms with E-state index in [2.05, 4.69) is 17.1 Å². The number of sulfonamides is 1. The van der Waals surface area contributed by atoms with Gasteiger partial charge in [0.15, 0.2) is 5.76 Å². The topological polar surface area (TPSA) is 106 Å². The minimum absolute atomic E-state index is 0.00187. The van der Waals surface area contributed by atoms with E-state index >= 15 is 0 Å². The first-order chi connectivity index (χ1) is 12.5. The van der Waals surface area contributed by atoms with Crippen LogP contribution in [0.1, 0.15) is 6.42 Å². The second-order valence-electron chi connectivity index (χ2n) is 6.19. The summed E-state index contributed by atoms with van der Waals surface area (Å²) in [6, 6.07) is 4.59. The van der Waals surface area contributed by atoms with Crippen molar-refractivity contribution >= 4 is 27.7 Å². The summed E-state index contributed by atoms with van der Waals surface area (Å²) in [5.41, 5.74) is 0. The van der Waals surface area contributed by atoms with Crippen LogP contribution in [0.25, 0.3) is 11.5 Å². The molecule has 0 bridgehead atoms. The average Bonchev–Trinajstić information content (AvgIpc) is 3.35. The van der Waals surface area contributed by atoms with E-state index in [1.54, 1.807) is 23.9 Å². The van der Waals surface area contributed by atoms with Crippen LogP contribution in [0, 0.1) is 5.92 Å². The first-order valence-corrected chi connectivity index (χ1v) is 10.4. The van der Waals surface area contributed by atoms with Gasteiger partial charge in [0, 0.05) is 24.4 Å². The first kappa shape index (κ1) is 17.4. The minimum Gasteiger partial charge on any atom is -0.440 e. The molecule has 10 heteroatoms. The summed E-state index contributed by atoms with van der Waals surface area (Å²) in [5.74, 6) is 0.694. The van der Waals surface area contributed by atoms with Crippen LogP contribution in [-0.2, 0) is 14.8 Å². The molecule has 2 aliphatic rings. The van der Waals surface area contributed by atoms with Gasteiger partial charge < -0.3 is 14.3 Å². The summed E-state index contributed by atoms with van der Waals surface area (Å²) in [6.07, 6.45) is 3.45. The van der Waals surface area contributed by atoms with E-state index in [0.717, 1.165) is 6.42 Å². The van der Waals surface area contributed by atoms with Crippen LogP contribution in [0.5, 0.6) is 0 Å². The van der Waals surface area contributed by atoms with E-state index in [-0.39, 0.29) is 27.5 Å². The van der Waals surface area contributed by atoms with Crippen molar-refractivity contribution < 1.29 is 22.2 Å². The molecule has 8 nitrogen and oxygen atoms in total. The van der Waals surface area contributed by atoms with E-state index in [1.807, 2.05) is 0 Å². The van der Waals surface area contributed by atoms with E-state index in [4.69, 9.17) is 8.94 Å². The Labute approximate surface area is 154 Å². The number of thioether (sulfide) groups is 1. The van der Waals surface area contributed by atoms with E-state index < -0.39 is 10.0 Å². The molecule has 2 aromatic rings. The molecule has 4 heterocycles. The van der Waals surface area contributed by atoms with Crippen LogP contribution in [-0.4, -0.2) is 47.5 Å². The molecule has 1 N–H and O–H groups in total. The Morgan fingerprint density at radius 2 is 2.19 bits per heavy atom. The van der Waals surface area contributed by atoms with Gasteiger partial charge in [-0.15, -0.1) is 11.8 Å². The fourth-order valence-corrected chi connectivity index (χ4v) is 6.47. The quantitative estimate of drug-likeness (QED) is 0.768. The fraction of sp³-hybridized carbons (Fsp3) is 0.375. The van der Waals surface area contributed by atoms with E-state index in [1.165, 1.54) is 22.6 Å². The molecular weight excluding hydrogens is 378 g/mol. The number of aromatic nitrogens is 1. The molecule has 1 amide bonds. The Morgan fingerprint density at radius 1 is 1.35 bits per heavy atom. The Kier molecular flexibility index (Phi) is 4.41. The molecule has 0 aromatic carbocycles. The summed E-state index contributed by atoms with van der Waals surface area (Å²) in [6.45, 7) is 4.26. The minimum atomic E-state index is -3.71. The van der Waals surface area contributed by atoms with Gasteiger partial charge in [0.2, 0.25) is 16.8 Å². The summed E-state index contributed by atoms with van der Waals surface area (Å²) in [7, 11) is -3.71. The van der Waals surface area contributed by atoms with E-state index in [9.17, 15) is 13.2 Å². The molecule has 2 aliphatic heterocycles. The molecule has 138 valence electrons. The van der Waals surface area contributed by atoms with Gasteiger partial charge in [-0.05, 0) is 30.5 Å². The zero-order chi connectivity index (χ0) is 18.3. The standard InChI is InChI=1S/C16H17N3O5S2/c1-2-14(20)18-15-7-10-8-19(9-13(10)25-15)26(21,22)16-4-3-11(23-16)12-5-6-17-24-12/h2-6,10,13,15H,1,7-9H2,(H,18,20). The second kappa shape index (κ2) is 6.60. The molecule has 0 radical (unpaired) electrons. The number of carbonyl (C=O) groups excluding carboxylic acids is 1. The fourth-order valence-electron chi connectivity index (χ4n) is 3.29. The lowest BCUT2D eigenvalue weighted by Gasteiger charge is -2.17. The van der Waals surface area contributed by atoms with Gasteiger partial charge in [0.05, 0.1) is 11.6 Å². The van der Waals surface area contributed by atoms with Crippen molar-refractivity contribution in [2.24, 2.45) is 5.92 Å². The highest BCUT2D eigenvalue weighted by Gasteiger charge is 2.46. The molecule has 4 rings (SSSR count). The van der Waals surface area contributed by atoms with Gasteiger partial charge in [-0.2, -0.15) is 4.31 Å². The SMILES string of the molecule is C=CC(=O)NC1CC2CN(S(=O)(=O)c3ccc(-c4ccno4)o3)CC2S1. The van der Waals surface area contributed by atoms with Gasteiger partial charge in [-0.3, -0.25) is 4.79 Å². The van der Waals surface area contributed by atoms with Crippen molar-refractivity contribution in [1.82, 2.24) is 14.8 Å². The summed E-state index contributed by atoms with van der Waals surface area (Å²) >= 11 is 1.60. The third-order valence-electron chi connectivity index (χ3n) is 4.55. The van der Waals surface area contributed by atoms with Crippen LogP contribution < -0.4 is 5.32 Å². The number of hydrogen-bond acceptors (Lipinski definition) is 7. The third kappa shape index (κ3) is 3.08. The van der Waals surface area contributed by atoms with Gasteiger partial charge >= 0.3 is 0 Å². The Bertz CT molecular complexity index is 908. The maximum atomic E-state index is 12.8. The maximum absolute atomic E-state index is 12.8. The number of fused-ring (bicyclic) bond motifs is 1. The number of furan rings is 1. The van der Waals surface area contributed by atoms with Crippen molar-refractivity contribution in [2.45, 2.75) is 22.1 Å². The van der Waals surface area contributed by atoms with Gasteiger partial charge in [0.1, 0.15) is 0 Å².